The van der Waals surface area contributed by atoms with Crippen molar-refractivity contribution in [2.45, 2.75) is 45.0 Å². The predicted octanol–water partition coefficient (Wildman–Crippen LogP) is 2.80. The van der Waals surface area contributed by atoms with Crippen molar-refractivity contribution in [3.8, 4) is 0 Å². The van der Waals surface area contributed by atoms with Gasteiger partial charge in [0.25, 0.3) is 0 Å². The van der Waals surface area contributed by atoms with Gasteiger partial charge in [-0.2, -0.15) is 13.2 Å². The van der Waals surface area contributed by atoms with Gasteiger partial charge in [0.15, 0.2) is 11.3 Å². The van der Waals surface area contributed by atoms with Crippen molar-refractivity contribution < 1.29 is 27.5 Å². The van der Waals surface area contributed by atoms with Gasteiger partial charge in [0.05, 0.1) is 5.33 Å². The fourth-order valence-corrected chi connectivity index (χ4v) is 1.50. The van der Waals surface area contributed by atoms with Gasteiger partial charge in [-0.15, -0.1) is 0 Å². The molecule has 0 aromatic heterocycles. The maximum Gasteiger partial charge on any atom is 0.418 e. The number of hydrogen-bond donors (Lipinski definition) is 1. The molecule has 1 N–H and O–H groups in total. The summed E-state index contributed by atoms with van der Waals surface area (Å²) in [6.45, 7) is 5.11. The van der Waals surface area contributed by atoms with Crippen LogP contribution in [0.15, 0.2) is 0 Å². The molecular formula is C10H15BrF3NO3. The Kier molecular flexibility index (Phi) is 5.22. The highest BCUT2D eigenvalue weighted by molar-refractivity contribution is 9.09. The lowest BCUT2D eigenvalue weighted by atomic mass is 9.97. The molecule has 0 aliphatic heterocycles. The molecule has 1 amide bonds. The van der Waals surface area contributed by atoms with E-state index in [1.807, 2.05) is 0 Å². The molecule has 0 radical (unpaired) electrons. The molecule has 18 heavy (non-hydrogen) atoms. The van der Waals surface area contributed by atoms with E-state index in [2.05, 4.69) is 15.9 Å². The molecule has 0 saturated carbocycles. The average molecular weight is 334 g/mol. The minimum absolute atomic E-state index is 0.529. The van der Waals surface area contributed by atoms with Crippen LogP contribution in [0.1, 0.15) is 27.7 Å². The third-order valence-corrected chi connectivity index (χ3v) is 2.51. The minimum atomic E-state index is -4.91. The van der Waals surface area contributed by atoms with E-state index in [0.29, 0.717) is 6.92 Å². The van der Waals surface area contributed by atoms with Gasteiger partial charge in [-0.25, -0.2) is 4.79 Å². The molecule has 1 atom stereocenters. The van der Waals surface area contributed by atoms with Crippen LogP contribution < -0.4 is 5.32 Å². The lowest BCUT2D eigenvalue weighted by molar-refractivity contribution is -0.191. The first-order valence-electron chi connectivity index (χ1n) is 5.00. The Labute approximate surface area is 111 Å². The molecule has 0 spiro atoms. The summed E-state index contributed by atoms with van der Waals surface area (Å²) in [7, 11) is 0. The molecule has 0 aliphatic carbocycles. The number of ketones is 1. The number of alkyl halides is 4. The molecule has 0 saturated heterocycles. The molecule has 0 fully saturated rings. The summed E-state index contributed by atoms with van der Waals surface area (Å²) in [5.41, 5.74) is -3.92. The normalized spacial score (nSPS) is 15.8. The quantitative estimate of drug-likeness (QED) is 0.808. The van der Waals surface area contributed by atoms with Crippen LogP contribution in [0, 0.1) is 0 Å². The Morgan fingerprint density at radius 1 is 1.17 bits per heavy atom. The number of alkyl carbamates (subject to hydrolysis) is 1. The molecule has 0 aromatic carbocycles. The third-order valence-electron chi connectivity index (χ3n) is 2.00. The third kappa shape index (κ3) is 4.47. The zero-order valence-electron chi connectivity index (χ0n) is 10.4. The highest BCUT2D eigenvalue weighted by Gasteiger charge is 2.57. The van der Waals surface area contributed by atoms with E-state index in [0.717, 1.165) is 0 Å². The Balaban J connectivity index is 5.06. The first-order valence-corrected chi connectivity index (χ1v) is 6.13. The average Bonchev–Trinajstić information content (AvgIpc) is 2.11. The zero-order valence-corrected chi connectivity index (χ0v) is 12.0. The number of hydrogen-bond acceptors (Lipinski definition) is 3. The summed E-state index contributed by atoms with van der Waals surface area (Å²) in [5.74, 6) is -1.21. The summed E-state index contributed by atoms with van der Waals surface area (Å²) >= 11 is 2.65. The second-order valence-corrected chi connectivity index (χ2v) is 5.37. The van der Waals surface area contributed by atoms with Gasteiger partial charge >= 0.3 is 12.3 Å². The van der Waals surface area contributed by atoms with Crippen LogP contribution in [0.3, 0.4) is 0 Å². The van der Waals surface area contributed by atoms with E-state index in [-0.39, 0.29) is 0 Å². The fourth-order valence-electron chi connectivity index (χ4n) is 0.940. The van der Waals surface area contributed by atoms with E-state index >= 15 is 0 Å². The lowest BCUT2D eigenvalue weighted by Crippen LogP contribution is -2.62. The van der Waals surface area contributed by atoms with Gasteiger partial charge in [-0.1, -0.05) is 15.9 Å². The largest absolute Gasteiger partial charge is 0.444 e. The van der Waals surface area contributed by atoms with Gasteiger partial charge in [0.1, 0.15) is 5.60 Å². The van der Waals surface area contributed by atoms with Crippen LogP contribution in [0.5, 0.6) is 0 Å². The summed E-state index contributed by atoms with van der Waals surface area (Å²) < 4.78 is 43.2. The summed E-state index contributed by atoms with van der Waals surface area (Å²) in [5, 5.41) is 1.05. The molecule has 0 heterocycles. The predicted molar refractivity (Wildman–Crippen MR) is 62.6 cm³/mol. The molecule has 0 aromatic rings. The Hall–Kier alpha value is -0.790. The number of nitrogens with one attached hydrogen (secondary N) is 1. The van der Waals surface area contributed by atoms with Crippen LogP contribution in [0.4, 0.5) is 18.0 Å². The molecule has 4 nitrogen and oxygen atoms in total. The van der Waals surface area contributed by atoms with Gasteiger partial charge in [-0.05, 0) is 27.7 Å². The molecule has 0 rings (SSSR count). The first kappa shape index (κ1) is 17.2. The molecule has 1 unspecified atom stereocenters. The van der Waals surface area contributed by atoms with Gasteiger partial charge in [-0.3, -0.25) is 4.79 Å². The van der Waals surface area contributed by atoms with Crippen LogP contribution in [0.25, 0.3) is 0 Å². The van der Waals surface area contributed by atoms with Gasteiger partial charge < -0.3 is 10.1 Å². The van der Waals surface area contributed by atoms with Crippen LogP contribution in [-0.4, -0.2) is 34.5 Å². The second kappa shape index (κ2) is 5.46. The Bertz CT molecular complexity index is 338. The fraction of sp³-hybridized carbons (Fsp3) is 0.800. The van der Waals surface area contributed by atoms with Gasteiger partial charge in [0.2, 0.25) is 0 Å². The lowest BCUT2D eigenvalue weighted by Gasteiger charge is -2.32. The summed E-state index contributed by atoms with van der Waals surface area (Å²) in [4.78, 5) is 22.7. The smallest absolute Gasteiger partial charge is 0.418 e. The van der Waals surface area contributed by atoms with E-state index in [4.69, 9.17) is 4.74 Å². The minimum Gasteiger partial charge on any atom is -0.444 e. The molecule has 106 valence electrons. The van der Waals surface area contributed by atoms with E-state index in [9.17, 15) is 22.8 Å². The van der Waals surface area contributed by atoms with Crippen molar-refractivity contribution in [2.75, 3.05) is 5.33 Å². The SMILES string of the molecule is CC(C)(C)OC(=O)NC(C)(C(=O)CBr)C(F)(F)F. The standard InChI is InChI=1S/C10H15BrF3NO3/c1-8(2,3)18-7(17)15-9(4,6(16)5-11)10(12,13)14/h5H2,1-4H3,(H,15,17). The van der Waals surface area contributed by atoms with E-state index in [1.165, 1.54) is 20.8 Å². The topological polar surface area (TPSA) is 55.4 Å². The number of amides is 1. The van der Waals surface area contributed by atoms with Crippen LogP contribution in [0.2, 0.25) is 0 Å². The van der Waals surface area contributed by atoms with Crippen LogP contribution >= 0.6 is 15.9 Å². The van der Waals surface area contributed by atoms with Crippen molar-refractivity contribution in [1.29, 1.82) is 0 Å². The maximum atomic E-state index is 12.8. The Morgan fingerprint density at radius 3 is 1.89 bits per heavy atom. The first-order chi connectivity index (χ1) is 7.83. The Morgan fingerprint density at radius 2 is 1.61 bits per heavy atom. The highest BCUT2D eigenvalue weighted by atomic mass is 79.9. The van der Waals surface area contributed by atoms with E-state index in [1.54, 1.807) is 5.32 Å². The second-order valence-electron chi connectivity index (χ2n) is 4.81. The van der Waals surface area contributed by atoms with Crippen molar-refractivity contribution in [1.82, 2.24) is 5.32 Å². The highest BCUT2D eigenvalue weighted by Crippen LogP contribution is 2.31. The summed E-state index contributed by atoms with van der Waals surface area (Å²) in [6.07, 6.45) is -6.20. The monoisotopic (exact) mass is 333 g/mol. The van der Waals surface area contributed by atoms with Crippen molar-refractivity contribution >= 4 is 27.8 Å². The van der Waals surface area contributed by atoms with Crippen molar-refractivity contribution in [3.05, 3.63) is 0 Å². The number of halogens is 4. The molecular weight excluding hydrogens is 319 g/mol. The summed E-state index contributed by atoms with van der Waals surface area (Å²) in [6, 6.07) is 0. The molecule has 0 bridgehead atoms. The number of rotatable bonds is 3. The van der Waals surface area contributed by atoms with Gasteiger partial charge in [0, 0.05) is 0 Å². The van der Waals surface area contributed by atoms with Crippen molar-refractivity contribution in [3.63, 3.8) is 0 Å². The number of ether oxygens (including phenoxy) is 1. The van der Waals surface area contributed by atoms with Crippen molar-refractivity contribution in [2.24, 2.45) is 0 Å². The molecule has 0 aliphatic rings. The van der Waals surface area contributed by atoms with E-state index < -0.39 is 34.5 Å². The van der Waals surface area contributed by atoms with Crippen LogP contribution in [-0.2, 0) is 9.53 Å². The number of carbonyl (C=O) groups excluding carboxylic acids is 2. The molecule has 8 heteroatoms. The number of carbonyl (C=O) groups is 2. The maximum absolute atomic E-state index is 12.8. The zero-order chi connectivity index (χ0) is 14.8. The number of Topliss-reactive ketones (excluding diaryl/α,β-unsaturated/α-hetero) is 1.